The Morgan fingerprint density at radius 1 is 1.00 bits per heavy atom. The number of carbonyl (C=O) groups is 3. The van der Waals surface area contributed by atoms with Gasteiger partial charge in [-0.05, 0) is 36.4 Å². The van der Waals surface area contributed by atoms with Crippen molar-refractivity contribution in [2.45, 2.75) is 4.90 Å². The van der Waals surface area contributed by atoms with Gasteiger partial charge in [0.15, 0.2) is 0 Å². The summed E-state index contributed by atoms with van der Waals surface area (Å²) < 4.78 is 27.0. The number of aromatic hydroxyl groups is 1. The Bertz CT molecular complexity index is 1040. The molecule has 25 heavy (non-hydrogen) atoms. The first-order chi connectivity index (χ1) is 11.7. The van der Waals surface area contributed by atoms with Crippen LogP contribution in [0.4, 0.5) is 5.69 Å². The van der Waals surface area contributed by atoms with Gasteiger partial charge in [0, 0.05) is 5.69 Å². The van der Waals surface area contributed by atoms with E-state index in [4.69, 9.17) is 5.11 Å². The number of carbonyl (C=O) groups excluding carboxylic acids is 2. The van der Waals surface area contributed by atoms with Crippen LogP contribution in [0.25, 0.3) is 0 Å². The van der Waals surface area contributed by atoms with Crippen molar-refractivity contribution < 1.29 is 33.0 Å². The van der Waals surface area contributed by atoms with Crippen LogP contribution in [0.3, 0.4) is 0 Å². The number of benzene rings is 2. The van der Waals surface area contributed by atoms with Crippen molar-refractivity contribution in [3.05, 3.63) is 53.1 Å². The maximum absolute atomic E-state index is 12.4. The lowest BCUT2D eigenvalue weighted by Gasteiger charge is -2.10. The molecule has 0 spiro atoms. The molecule has 10 heteroatoms. The van der Waals surface area contributed by atoms with Crippen LogP contribution < -0.4 is 10.0 Å². The number of carboxylic acid groups (broad SMARTS) is 1. The summed E-state index contributed by atoms with van der Waals surface area (Å²) in [6.07, 6.45) is 0. The average molecular weight is 362 g/mol. The highest BCUT2D eigenvalue weighted by molar-refractivity contribution is 7.92. The number of aromatic carboxylic acids is 1. The number of hydrogen-bond acceptors (Lipinski definition) is 6. The summed E-state index contributed by atoms with van der Waals surface area (Å²) in [5.74, 6) is -3.24. The fourth-order valence-corrected chi connectivity index (χ4v) is 3.37. The molecule has 128 valence electrons. The minimum absolute atomic E-state index is 0.0650. The summed E-state index contributed by atoms with van der Waals surface area (Å²) in [5, 5.41) is 20.4. The highest BCUT2D eigenvalue weighted by atomic mass is 32.2. The Balaban J connectivity index is 1.97. The normalized spacial score (nSPS) is 13.3. The fraction of sp³-hybridized carbons (Fsp3) is 0. The molecule has 0 saturated heterocycles. The molecule has 0 unspecified atom stereocenters. The van der Waals surface area contributed by atoms with Gasteiger partial charge in [0.25, 0.3) is 21.8 Å². The average Bonchev–Trinajstić information content (AvgIpc) is 2.83. The molecule has 0 bridgehead atoms. The lowest BCUT2D eigenvalue weighted by Crippen LogP contribution is -2.19. The molecule has 2 aromatic rings. The molecule has 3 rings (SSSR count). The summed E-state index contributed by atoms with van der Waals surface area (Å²) in [6.45, 7) is 0. The molecule has 1 aliphatic rings. The molecular weight excluding hydrogens is 352 g/mol. The van der Waals surface area contributed by atoms with E-state index in [-0.39, 0.29) is 21.7 Å². The molecule has 0 radical (unpaired) electrons. The van der Waals surface area contributed by atoms with Crippen molar-refractivity contribution in [2.75, 3.05) is 4.72 Å². The predicted molar refractivity (Wildman–Crippen MR) is 84.1 cm³/mol. The highest BCUT2D eigenvalue weighted by Crippen LogP contribution is 2.25. The summed E-state index contributed by atoms with van der Waals surface area (Å²) >= 11 is 0. The second-order valence-corrected chi connectivity index (χ2v) is 6.82. The van der Waals surface area contributed by atoms with Crippen LogP contribution in [0.2, 0.25) is 0 Å². The van der Waals surface area contributed by atoms with Gasteiger partial charge in [0.2, 0.25) is 0 Å². The topological polar surface area (TPSA) is 150 Å². The summed E-state index contributed by atoms with van der Waals surface area (Å²) in [6, 6.07) is 6.59. The van der Waals surface area contributed by atoms with Gasteiger partial charge < -0.3 is 10.2 Å². The number of fused-ring (bicyclic) bond motifs is 1. The highest BCUT2D eigenvalue weighted by Gasteiger charge is 2.29. The first kappa shape index (κ1) is 16.5. The van der Waals surface area contributed by atoms with Crippen molar-refractivity contribution >= 4 is 33.5 Å². The molecule has 0 aliphatic carbocycles. The Morgan fingerprint density at radius 3 is 2.36 bits per heavy atom. The Hall–Kier alpha value is -3.40. The number of sulfonamides is 1. The van der Waals surface area contributed by atoms with E-state index in [0.29, 0.717) is 0 Å². The largest absolute Gasteiger partial charge is 0.507 e. The first-order valence-corrected chi connectivity index (χ1v) is 8.26. The molecule has 0 aromatic heterocycles. The van der Waals surface area contributed by atoms with Crippen LogP contribution in [-0.4, -0.2) is 36.4 Å². The van der Waals surface area contributed by atoms with Crippen molar-refractivity contribution in [3.63, 3.8) is 0 Å². The Labute approximate surface area is 141 Å². The standard InChI is InChI=1S/C15H10N2O7S/c18-12-4-1-7(5-11(12)15(21)22)17-25(23,24)8-2-3-9-10(6-8)14(20)16-13(9)19/h1-6,17-18H,(H,21,22)(H,16,19,20). The van der Waals surface area contributed by atoms with Crippen molar-refractivity contribution in [3.8, 4) is 5.75 Å². The molecule has 2 amide bonds. The number of carboxylic acids is 1. The van der Waals surface area contributed by atoms with Crippen LogP contribution in [-0.2, 0) is 10.0 Å². The van der Waals surface area contributed by atoms with Gasteiger partial charge >= 0.3 is 5.97 Å². The second-order valence-electron chi connectivity index (χ2n) is 5.13. The lowest BCUT2D eigenvalue weighted by atomic mass is 10.1. The van der Waals surface area contributed by atoms with Crippen LogP contribution in [0.15, 0.2) is 41.3 Å². The molecule has 2 aromatic carbocycles. The number of imide groups is 1. The zero-order chi connectivity index (χ0) is 18.4. The molecule has 1 heterocycles. The van der Waals surface area contributed by atoms with Gasteiger partial charge in [-0.15, -0.1) is 0 Å². The molecule has 9 nitrogen and oxygen atoms in total. The first-order valence-electron chi connectivity index (χ1n) is 6.78. The van der Waals surface area contributed by atoms with Crippen LogP contribution in [0, 0.1) is 0 Å². The Kier molecular flexibility index (Phi) is 3.68. The third-order valence-corrected chi connectivity index (χ3v) is 4.88. The molecule has 1 aliphatic heterocycles. The minimum atomic E-state index is -4.15. The van der Waals surface area contributed by atoms with Gasteiger partial charge in [-0.3, -0.25) is 19.6 Å². The van der Waals surface area contributed by atoms with E-state index in [0.717, 1.165) is 24.3 Å². The summed E-state index contributed by atoms with van der Waals surface area (Å²) in [7, 11) is -4.15. The smallest absolute Gasteiger partial charge is 0.339 e. The van der Waals surface area contributed by atoms with Crippen molar-refractivity contribution in [2.24, 2.45) is 0 Å². The van der Waals surface area contributed by atoms with Gasteiger partial charge in [-0.2, -0.15) is 0 Å². The molecule has 0 atom stereocenters. The van der Waals surface area contributed by atoms with Crippen LogP contribution >= 0.6 is 0 Å². The third kappa shape index (κ3) is 2.90. The van der Waals surface area contributed by atoms with E-state index in [1.807, 2.05) is 0 Å². The van der Waals surface area contributed by atoms with E-state index >= 15 is 0 Å². The Morgan fingerprint density at radius 2 is 1.68 bits per heavy atom. The van der Waals surface area contributed by atoms with E-state index in [2.05, 4.69) is 10.0 Å². The number of anilines is 1. The van der Waals surface area contributed by atoms with Gasteiger partial charge in [0.05, 0.1) is 16.0 Å². The fourth-order valence-electron chi connectivity index (χ4n) is 2.30. The number of hydrogen-bond donors (Lipinski definition) is 4. The number of nitrogens with one attached hydrogen (secondary N) is 2. The van der Waals surface area contributed by atoms with E-state index < -0.39 is 39.1 Å². The number of phenols is 1. The zero-order valence-corrected chi connectivity index (χ0v) is 13.1. The van der Waals surface area contributed by atoms with Crippen molar-refractivity contribution in [1.29, 1.82) is 0 Å². The number of rotatable bonds is 4. The van der Waals surface area contributed by atoms with Crippen LogP contribution in [0.5, 0.6) is 5.75 Å². The van der Waals surface area contributed by atoms with Crippen LogP contribution in [0.1, 0.15) is 31.1 Å². The molecule has 0 fully saturated rings. The maximum Gasteiger partial charge on any atom is 0.339 e. The van der Waals surface area contributed by atoms with E-state index in [9.17, 15) is 27.9 Å². The SMILES string of the molecule is O=C(O)c1cc(NS(=O)(=O)c2ccc3c(c2)C(=O)NC3=O)ccc1O. The van der Waals surface area contributed by atoms with Crippen molar-refractivity contribution in [1.82, 2.24) is 5.32 Å². The maximum atomic E-state index is 12.4. The van der Waals surface area contributed by atoms with Gasteiger partial charge in [-0.1, -0.05) is 0 Å². The summed E-state index contributed by atoms with van der Waals surface area (Å²) in [4.78, 5) is 33.8. The zero-order valence-electron chi connectivity index (χ0n) is 12.3. The molecular formula is C15H10N2O7S. The molecule has 4 N–H and O–H groups in total. The molecule has 0 saturated carbocycles. The van der Waals surface area contributed by atoms with E-state index in [1.165, 1.54) is 12.1 Å². The predicted octanol–water partition coefficient (Wildman–Crippen LogP) is 0.775. The van der Waals surface area contributed by atoms with Gasteiger partial charge in [0.1, 0.15) is 11.3 Å². The third-order valence-electron chi connectivity index (χ3n) is 3.50. The van der Waals surface area contributed by atoms with Gasteiger partial charge in [-0.25, -0.2) is 13.2 Å². The lowest BCUT2D eigenvalue weighted by molar-refractivity contribution is 0.0692. The monoisotopic (exact) mass is 362 g/mol. The van der Waals surface area contributed by atoms with E-state index in [1.54, 1.807) is 0 Å². The summed E-state index contributed by atoms with van der Waals surface area (Å²) in [5.41, 5.74) is -0.554. The second kappa shape index (κ2) is 5.60. The number of amides is 2. The quantitative estimate of drug-likeness (QED) is 0.463. The minimum Gasteiger partial charge on any atom is -0.507 e.